The maximum Gasteiger partial charge on any atom is 0.194 e. The number of benzene rings is 2. The fraction of sp³-hybridized carbons (Fsp3) is 0.357. The van der Waals surface area contributed by atoms with E-state index in [0.717, 1.165) is 33.5 Å². The normalized spacial score (nSPS) is 12.1. The molecule has 5 heteroatoms. The molecule has 0 amide bonds. The zero-order valence-corrected chi connectivity index (χ0v) is 21.3. The van der Waals surface area contributed by atoms with E-state index >= 15 is 0 Å². The molecule has 0 fully saturated rings. The lowest BCUT2D eigenvalue weighted by molar-refractivity contribution is -0.109. The van der Waals surface area contributed by atoms with Gasteiger partial charge in [0.2, 0.25) is 0 Å². The third-order valence-electron chi connectivity index (χ3n) is 5.55. The molecule has 0 radical (unpaired) electrons. The Morgan fingerprint density at radius 3 is 1.91 bits per heavy atom. The van der Waals surface area contributed by atoms with Crippen molar-refractivity contribution in [3.8, 4) is 5.75 Å². The third kappa shape index (κ3) is 5.77. The molecule has 4 nitrogen and oxygen atoms in total. The fourth-order valence-electron chi connectivity index (χ4n) is 3.82. The Morgan fingerprint density at radius 2 is 1.42 bits per heavy atom. The summed E-state index contributed by atoms with van der Waals surface area (Å²) >= 11 is 1.13. The van der Waals surface area contributed by atoms with Crippen molar-refractivity contribution in [1.29, 1.82) is 0 Å². The summed E-state index contributed by atoms with van der Waals surface area (Å²) in [4.78, 5) is 25.5. The molecule has 0 aliphatic rings. The van der Waals surface area contributed by atoms with Crippen molar-refractivity contribution in [1.82, 2.24) is 4.57 Å². The van der Waals surface area contributed by atoms with Gasteiger partial charge in [0.15, 0.2) is 10.9 Å². The highest BCUT2D eigenvalue weighted by Crippen LogP contribution is 2.40. The molecular weight excluding hydrogens is 430 g/mol. The Kier molecular flexibility index (Phi) is 6.94. The predicted molar refractivity (Wildman–Crippen MR) is 135 cm³/mol. The van der Waals surface area contributed by atoms with Gasteiger partial charge in [0, 0.05) is 41.9 Å². The number of carbonyl (C=O) groups is 2. The van der Waals surface area contributed by atoms with Gasteiger partial charge in [-0.1, -0.05) is 71.9 Å². The van der Waals surface area contributed by atoms with Gasteiger partial charge in [-0.05, 0) is 46.4 Å². The maximum atomic E-state index is 13.6. The van der Waals surface area contributed by atoms with Gasteiger partial charge in [-0.15, -0.1) is 0 Å². The summed E-state index contributed by atoms with van der Waals surface area (Å²) in [5, 5.41) is 11.7. The number of carbonyl (C=O) groups excluding carboxylic acids is 2. The lowest BCUT2D eigenvalue weighted by atomic mass is 9.78. The van der Waals surface area contributed by atoms with Gasteiger partial charge in [0.25, 0.3) is 0 Å². The van der Waals surface area contributed by atoms with Gasteiger partial charge in [-0.3, -0.25) is 9.59 Å². The first-order valence-electron chi connectivity index (χ1n) is 11.1. The topological polar surface area (TPSA) is 59.3 Å². The third-order valence-corrected chi connectivity index (χ3v) is 6.40. The van der Waals surface area contributed by atoms with Crippen molar-refractivity contribution >= 4 is 22.7 Å². The highest BCUT2D eigenvalue weighted by molar-refractivity contribution is 8.13. The maximum absolute atomic E-state index is 13.6. The van der Waals surface area contributed by atoms with Crippen molar-refractivity contribution in [2.75, 3.05) is 0 Å². The second-order valence-electron chi connectivity index (χ2n) is 10.5. The van der Waals surface area contributed by atoms with Crippen LogP contribution in [0.15, 0.2) is 59.8 Å². The van der Waals surface area contributed by atoms with Crippen molar-refractivity contribution in [2.24, 2.45) is 0 Å². The van der Waals surface area contributed by atoms with Crippen LogP contribution in [0.2, 0.25) is 0 Å². The van der Waals surface area contributed by atoms with Gasteiger partial charge >= 0.3 is 0 Å². The Balaban J connectivity index is 2.10. The van der Waals surface area contributed by atoms with E-state index in [9.17, 15) is 14.7 Å². The van der Waals surface area contributed by atoms with Gasteiger partial charge < -0.3 is 9.67 Å². The summed E-state index contributed by atoms with van der Waals surface area (Å²) in [6.45, 7) is 14.3. The van der Waals surface area contributed by atoms with Gasteiger partial charge in [0.05, 0.1) is 5.03 Å². The van der Waals surface area contributed by atoms with E-state index in [1.54, 1.807) is 18.2 Å². The molecule has 33 heavy (non-hydrogen) atoms. The van der Waals surface area contributed by atoms with E-state index in [0.29, 0.717) is 17.7 Å². The average molecular weight is 464 g/mol. The summed E-state index contributed by atoms with van der Waals surface area (Å²) < 4.78 is 1.95. The monoisotopic (exact) mass is 463 g/mol. The Hall–Kier alpha value is -2.79. The molecule has 2 aromatic carbocycles. The second kappa shape index (κ2) is 9.22. The van der Waals surface area contributed by atoms with E-state index in [-0.39, 0.29) is 27.5 Å². The highest BCUT2D eigenvalue weighted by Gasteiger charge is 2.28. The predicted octanol–water partition coefficient (Wildman–Crippen LogP) is 6.71. The zero-order valence-electron chi connectivity index (χ0n) is 20.5. The number of phenolic OH excluding ortho intramolecular Hbond substituents is 1. The van der Waals surface area contributed by atoms with E-state index in [1.165, 1.54) is 6.92 Å². The van der Waals surface area contributed by atoms with Crippen LogP contribution >= 0.6 is 11.8 Å². The van der Waals surface area contributed by atoms with E-state index < -0.39 is 0 Å². The minimum Gasteiger partial charge on any atom is -0.507 e. The molecule has 3 aromatic rings. The van der Waals surface area contributed by atoms with Crippen LogP contribution in [-0.4, -0.2) is 20.6 Å². The Bertz CT molecular complexity index is 1140. The van der Waals surface area contributed by atoms with Crippen LogP contribution < -0.4 is 0 Å². The molecule has 0 aliphatic carbocycles. The molecule has 1 N–H and O–H groups in total. The highest BCUT2D eigenvalue weighted by atomic mass is 32.2. The smallest absolute Gasteiger partial charge is 0.194 e. The van der Waals surface area contributed by atoms with Crippen LogP contribution in [0.25, 0.3) is 0 Å². The van der Waals surface area contributed by atoms with Crippen LogP contribution in [0.5, 0.6) is 5.75 Å². The molecule has 0 spiro atoms. The van der Waals surface area contributed by atoms with Crippen molar-refractivity contribution in [3.05, 3.63) is 82.5 Å². The fourth-order valence-corrected chi connectivity index (χ4v) is 4.54. The molecule has 0 unspecified atom stereocenters. The number of rotatable bonds is 5. The molecule has 0 aliphatic heterocycles. The first kappa shape index (κ1) is 24.8. The van der Waals surface area contributed by atoms with Crippen LogP contribution in [0.1, 0.15) is 81.1 Å². The number of hydrogen-bond acceptors (Lipinski definition) is 4. The molecule has 0 saturated carbocycles. The average Bonchev–Trinajstić information content (AvgIpc) is 3.08. The number of aromatic hydroxyl groups is 1. The number of hydrogen-bond donors (Lipinski definition) is 1. The number of nitrogens with zero attached hydrogens (tertiary/aromatic N) is 1. The van der Waals surface area contributed by atoms with Gasteiger partial charge in [-0.2, -0.15) is 0 Å². The zero-order chi connectivity index (χ0) is 24.6. The lowest BCUT2D eigenvalue weighted by Crippen LogP contribution is -2.19. The molecule has 0 saturated heterocycles. The molecule has 0 atom stereocenters. The summed E-state index contributed by atoms with van der Waals surface area (Å²) in [6.07, 6.45) is 1.82. The summed E-state index contributed by atoms with van der Waals surface area (Å²) in [5.74, 6) is 0.129. The van der Waals surface area contributed by atoms with Crippen molar-refractivity contribution in [3.63, 3.8) is 0 Å². The quantitative estimate of drug-likeness (QED) is 0.338. The minimum atomic E-state index is -0.324. The Morgan fingerprint density at radius 1 is 0.879 bits per heavy atom. The molecule has 0 bridgehead atoms. The Labute approximate surface area is 201 Å². The lowest BCUT2D eigenvalue weighted by Gasteiger charge is -2.28. The number of ketones is 1. The molecular formula is C28H33NO3S. The number of thioether (sulfide) groups is 1. The molecule has 1 heterocycles. The SMILES string of the molecule is CC(=O)Sc1cc(C(=O)c2cc(C(C)(C)C)c(O)c(C(C)(C)C)c2)cn1Cc1ccccc1. The van der Waals surface area contributed by atoms with E-state index in [1.807, 2.05) is 82.6 Å². The largest absolute Gasteiger partial charge is 0.507 e. The van der Waals surface area contributed by atoms with Crippen molar-refractivity contribution in [2.45, 2.75) is 70.9 Å². The molecule has 174 valence electrons. The van der Waals surface area contributed by atoms with Crippen LogP contribution in [0, 0.1) is 0 Å². The van der Waals surface area contributed by atoms with Gasteiger partial charge in [-0.25, -0.2) is 0 Å². The molecule has 1 aromatic heterocycles. The first-order chi connectivity index (χ1) is 15.3. The summed E-state index contributed by atoms with van der Waals surface area (Å²) in [6, 6.07) is 15.4. The number of phenols is 1. The minimum absolute atomic E-state index is 0.0314. The van der Waals surface area contributed by atoms with Gasteiger partial charge in [0.1, 0.15) is 5.75 Å². The van der Waals surface area contributed by atoms with E-state index in [4.69, 9.17) is 0 Å². The van der Waals surface area contributed by atoms with Crippen molar-refractivity contribution < 1.29 is 14.7 Å². The standard InChI is InChI=1S/C28H33NO3S/c1-18(30)33-24-15-21(17-29(24)16-19-11-9-8-10-12-19)25(31)20-13-22(27(2,3)4)26(32)23(14-20)28(5,6)7/h8-15,17,32H,16H2,1-7H3. The van der Waals surface area contributed by atoms with Crippen LogP contribution in [0.4, 0.5) is 0 Å². The van der Waals surface area contributed by atoms with Crippen LogP contribution in [-0.2, 0) is 22.2 Å². The number of aromatic nitrogens is 1. The van der Waals surface area contributed by atoms with Crippen LogP contribution in [0.3, 0.4) is 0 Å². The summed E-state index contributed by atoms with van der Waals surface area (Å²) in [7, 11) is 0. The first-order valence-corrected chi connectivity index (χ1v) is 11.9. The molecule has 3 rings (SSSR count). The summed E-state index contributed by atoms with van der Waals surface area (Å²) in [5.41, 5.74) is 3.01. The second-order valence-corrected chi connectivity index (χ2v) is 11.7. The van der Waals surface area contributed by atoms with E-state index in [2.05, 4.69) is 0 Å².